The molecule has 2 aromatic carbocycles. The molecule has 2 rings (SSSR count). The molecule has 0 unspecified atom stereocenters. The van der Waals surface area contributed by atoms with Gasteiger partial charge in [0.25, 0.3) is 10.1 Å². The van der Waals surface area contributed by atoms with Crippen molar-refractivity contribution in [1.29, 1.82) is 5.53 Å². The molecule has 7 nitrogen and oxygen atoms in total. The van der Waals surface area contributed by atoms with Crippen LogP contribution in [0.2, 0.25) is 0 Å². The number of benzene rings is 2. The van der Waals surface area contributed by atoms with Crippen LogP contribution in [0, 0.1) is 5.53 Å². The average molecular weight is 266 g/mol. The van der Waals surface area contributed by atoms with Crippen LogP contribution in [0.3, 0.4) is 0 Å². The van der Waals surface area contributed by atoms with Crippen LogP contribution in [0.25, 0.3) is 10.8 Å². The highest BCUT2D eigenvalue weighted by atomic mass is 32.2. The predicted molar refractivity (Wildman–Crippen MR) is 66.4 cm³/mol. The van der Waals surface area contributed by atoms with Gasteiger partial charge in [-0.2, -0.15) is 13.5 Å². The molecule has 0 saturated carbocycles. The van der Waals surface area contributed by atoms with Crippen molar-refractivity contribution in [3.63, 3.8) is 0 Å². The molecule has 0 saturated heterocycles. The minimum atomic E-state index is -4.40. The Morgan fingerprint density at radius 3 is 2.39 bits per heavy atom. The molecule has 2 aromatic rings. The van der Waals surface area contributed by atoms with Gasteiger partial charge in [0, 0.05) is 10.8 Å². The SMILES string of the molecule is N=Nc1cc(S(=O)(=O)O)c2ccccc2c1NN. The van der Waals surface area contributed by atoms with Gasteiger partial charge in [-0.05, 0) is 6.07 Å². The molecule has 0 bridgehead atoms. The standard InChI is InChI=1S/C10H10N4O3S/c11-13-8-5-9(18(15,16)17)6-3-1-2-4-7(6)10(8)14-12/h1-5,11,14H,12H2,(H,15,16,17). The Labute approximate surface area is 103 Å². The van der Waals surface area contributed by atoms with Crippen LogP contribution >= 0.6 is 0 Å². The fraction of sp³-hybridized carbons (Fsp3) is 0. The van der Waals surface area contributed by atoms with Crippen molar-refractivity contribution in [3.05, 3.63) is 30.3 Å². The van der Waals surface area contributed by atoms with Crippen molar-refractivity contribution < 1.29 is 13.0 Å². The van der Waals surface area contributed by atoms with Gasteiger partial charge in [0.2, 0.25) is 0 Å². The summed E-state index contributed by atoms with van der Waals surface area (Å²) >= 11 is 0. The minimum Gasteiger partial charge on any atom is -0.322 e. The van der Waals surface area contributed by atoms with Gasteiger partial charge in [-0.15, -0.1) is 0 Å². The van der Waals surface area contributed by atoms with Gasteiger partial charge >= 0.3 is 0 Å². The molecule has 0 aromatic heterocycles. The monoisotopic (exact) mass is 266 g/mol. The van der Waals surface area contributed by atoms with Crippen molar-refractivity contribution >= 4 is 32.3 Å². The molecule has 8 heteroatoms. The summed E-state index contributed by atoms with van der Waals surface area (Å²) in [6.45, 7) is 0. The predicted octanol–water partition coefficient (Wildman–Crippen LogP) is 2.03. The number of nitrogens with zero attached hydrogens (tertiary/aromatic N) is 1. The lowest BCUT2D eigenvalue weighted by Gasteiger charge is -2.11. The van der Waals surface area contributed by atoms with E-state index in [0.717, 1.165) is 6.07 Å². The summed E-state index contributed by atoms with van der Waals surface area (Å²) in [4.78, 5) is -0.303. The van der Waals surface area contributed by atoms with E-state index in [-0.39, 0.29) is 10.6 Å². The number of anilines is 1. The maximum Gasteiger partial charge on any atom is 0.295 e. The number of nitrogens with one attached hydrogen (secondary N) is 2. The van der Waals surface area contributed by atoms with Gasteiger partial charge in [-0.3, -0.25) is 10.4 Å². The molecule has 94 valence electrons. The summed E-state index contributed by atoms with van der Waals surface area (Å²) in [5.41, 5.74) is 9.75. The summed E-state index contributed by atoms with van der Waals surface area (Å²) in [6, 6.07) is 7.57. The van der Waals surface area contributed by atoms with E-state index in [2.05, 4.69) is 10.5 Å². The maximum absolute atomic E-state index is 11.3. The lowest BCUT2D eigenvalue weighted by Crippen LogP contribution is -2.09. The molecule has 5 N–H and O–H groups in total. The summed E-state index contributed by atoms with van der Waals surface area (Å²) in [5.74, 6) is 5.35. The third-order valence-corrected chi connectivity index (χ3v) is 3.42. The number of nitrogens with two attached hydrogens (primary N) is 1. The Hall–Kier alpha value is -2.03. The minimum absolute atomic E-state index is 0.0313. The van der Waals surface area contributed by atoms with E-state index in [0.29, 0.717) is 16.5 Å². The first kappa shape index (κ1) is 12.4. The van der Waals surface area contributed by atoms with Crippen LogP contribution < -0.4 is 11.3 Å². The molecule has 18 heavy (non-hydrogen) atoms. The summed E-state index contributed by atoms with van der Waals surface area (Å²) in [5, 5.41) is 3.96. The van der Waals surface area contributed by atoms with E-state index >= 15 is 0 Å². The van der Waals surface area contributed by atoms with Crippen LogP contribution in [0.1, 0.15) is 0 Å². The van der Waals surface area contributed by atoms with E-state index in [4.69, 9.17) is 11.4 Å². The van der Waals surface area contributed by atoms with Gasteiger partial charge in [0.1, 0.15) is 10.6 Å². The molecule has 0 spiro atoms. The fourth-order valence-electron chi connectivity index (χ4n) is 1.78. The van der Waals surface area contributed by atoms with Crippen LogP contribution in [0.4, 0.5) is 11.4 Å². The lowest BCUT2D eigenvalue weighted by atomic mass is 10.1. The first-order chi connectivity index (χ1) is 8.49. The van der Waals surface area contributed by atoms with Crippen molar-refractivity contribution in [3.8, 4) is 0 Å². The van der Waals surface area contributed by atoms with Crippen LogP contribution in [-0.4, -0.2) is 13.0 Å². The maximum atomic E-state index is 11.3. The molecule has 0 heterocycles. The quantitative estimate of drug-likeness (QED) is 0.292. The van der Waals surface area contributed by atoms with E-state index in [1.165, 1.54) is 6.07 Å². The van der Waals surface area contributed by atoms with E-state index in [9.17, 15) is 13.0 Å². The zero-order chi connectivity index (χ0) is 13.3. The number of hydrazine groups is 1. The largest absolute Gasteiger partial charge is 0.322 e. The smallest absolute Gasteiger partial charge is 0.295 e. The second-order valence-corrected chi connectivity index (χ2v) is 4.94. The van der Waals surface area contributed by atoms with E-state index in [1.807, 2.05) is 0 Å². The van der Waals surface area contributed by atoms with Gasteiger partial charge in [-0.25, -0.2) is 5.53 Å². The molecule has 0 fully saturated rings. The van der Waals surface area contributed by atoms with Crippen LogP contribution in [0.15, 0.2) is 40.3 Å². The zero-order valence-corrected chi connectivity index (χ0v) is 9.90. The number of fused-ring (bicyclic) bond motifs is 1. The molecular weight excluding hydrogens is 256 g/mol. The highest BCUT2D eigenvalue weighted by molar-refractivity contribution is 7.86. The van der Waals surface area contributed by atoms with Crippen LogP contribution in [0.5, 0.6) is 0 Å². The van der Waals surface area contributed by atoms with Gasteiger partial charge in [0.05, 0.1) is 5.69 Å². The number of nitrogen functional groups attached to an aromatic ring is 1. The molecular formula is C10H10N4O3S. The number of rotatable bonds is 3. The summed E-state index contributed by atoms with van der Waals surface area (Å²) in [7, 11) is -4.40. The van der Waals surface area contributed by atoms with Crippen LogP contribution in [-0.2, 0) is 10.1 Å². The molecule has 0 aliphatic carbocycles. The highest BCUT2D eigenvalue weighted by Crippen LogP contribution is 2.37. The summed E-state index contributed by atoms with van der Waals surface area (Å²) in [6.07, 6.45) is 0. The van der Waals surface area contributed by atoms with Gasteiger partial charge in [-0.1, -0.05) is 24.3 Å². The molecule has 0 atom stereocenters. The zero-order valence-electron chi connectivity index (χ0n) is 9.08. The topological polar surface area (TPSA) is 129 Å². The lowest BCUT2D eigenvalue weighted by molar-refractivity contribution is 0.484. The second kappa shape index (κ2) is 4.33. The van der Waals surface area contributed by atoms with Crippen molar-refractivity contribution in [2.75, 3.05) is 5.43 Å². The Balaban J connectivity index is 3.02. The summed E-state index contributed by atoms with van der Waals surface area (Å²) < 4.78 is 31.8. The normalized spacial score (nSPS) is 11.4. The Morgan fingerprint density at radius 2 is 1.89 bits per heavy atom. The van der Waals surface area contributed by atoms with Crippen molar-refractivity contribution in [2.24, 2.45) is 11.0 Å². The first-order valence-electron chi connectivity index (χ1n) is 4.86. The van der Waals surface area contributed by atoms with Crippen molar-refractivity contribution in [1.82, 2.24) is 0 Å². The Bertz CT molecular complexity index is 727. The van der Waals surface area contributed by atoms with E-state index in [1.54, 1.807) is 18.2 Å². The molecule has 0 amide bonds. The first-order valence-corrected chi connectivity index (χ1v) is 6.30. The Kier molecular flexibility index (Phi) is 2.99. The third kappa shape index (κ3) is 1.92. The fourth-order valence-corrected chi connectivity index (χ4v) is 2.50. The Morgan fingerprint density at radius 1 is 1.28 bits per heavy atom. The van der Waals surface area contributed by atoms with Gasteiger partial charge in [0.15, 0.2) is 0 Å². The number of hydrogen-bond acceptors (Lipinski definition) is 6. The average Bonchev–Trinajstić information content (AvgIpc) is 2.35. The molecule has 0 aliphatic heterocycles. The number of hydrogen-bond donors (Lipinski definition) is 4. The molecule has 0 aliphatic rings. The van der Waals surface area contributed by atoms with Gasteiger partial charge < -0.3 is 5.43 Å². The molecule has 0 radical (unpaired) electrons. The highest BCUT2D eigenvalue weighted by Gasteiger charge is 2.18. The van der Waals surface area contributed by atoms with Crippen molar-refractivity contribution in [2.45, 2.75) is 4.90 Å². The van der Waals surface area contributed by atoms with E-state index < -0.39 is 10.1 Å². The second-order valence-electron chi connectivity index (χ2n) is 3.55. The third-order valence-electron chi connectivity index (χ3n) is 2.53.